The van der Waals surface area contributed by atoms with Gasteiger partial charge in [-0.15, -0.1) is 0 Å². The molecule has 0 N–H and O–H groups in total. The summed E-state index contributed by atoms with van der Waals surface area (Å²) in [7, 11) is 0. The number of rotatable bonds is 1. The molecule has 0 amide bonds. The van der Waals surface area contributed by atoms with Crippen LogP contribution in [0.4, 0.5) is 0 Å². The molecule has 2 heteroatoms. The van der Waals surface area contributed by atoms with E-state index in [1.807, 2.05) is 18.2 Å². The smallest absolute Gasteiger partial charge is 0.116 e. The van der Waals surface area contributed by atoms with Gasteiger partial charge in [0.2, 0.25) is 0 Å². The fourth-order valence-electron chi connectivity index (χ4n) is 2.09. The quantitative estimate of drug-likeness (QED) is 0.740. The van der Waals surface area contributed by atoms with Crippen LogP contribution >= 0.6 is 0 Å². The minimum absolute atomic E-state index is 0.0521. The minimum atomic E-state index is 0.0521. The maximum Gasteiger partial charge on any atom is 0.116 e. The van der Waals surface area contributed by atoms with Gasteiger partial charge in [-0.1, -0.05) is 51.1 Å². The molecule has 0 unspecified atom stereocenters. The lowest BCUT2D eigenvalue weighted by molar-refractivity contribution is 0.562. The average molecular weight is 226 g/mol. The van der Waals surface area contributed by atoms with Crippen LogP contribution in [0.1, 0.15) is 32.0 Å². The lowest BCUT2D eigenvalue weighted by atomic mass is 9.87. The van der Waals surface area contributed by atoms with E-state index in [4.69, 9.17) is 0 Å². The highest BCUT2D eigenvalue weighted by atomic mass is 14.9. The van der Waals surface area contributed by atoms with Crippen molar-refractivity contribution < 1.29 is 0 Å². The second-order valence-electron chi connectivity index (χ2n) is 5.31. The van der Waals surface area contributed by atoms with Gasteiger partial charge in [-0.05, 0) is 12.5 Å². The monoisotopic (exact) mass is 226 g/mol. The highest BCUT2D eigenvalue weighted by Crippen LogP contribution is 2.28. The third-order valence-electron chi connectivity index (χ3n) is 2.84. The standard InChI is InChI=1S/C15H18N2/c1-11-13(12-8-6-5-7-9-12)16-10-17-14(11)15(2,3)4/h5-10H,1-4H3. The first-order chi connectivity index (χ1) is 8.00. The molecule has 2 rings (SSSR count). The first kappa shape index (κ1) is 11.8. The van der Waals surface area contributed by atoms with Crippen LogP contribution in [-0.2, 0) is 5.41 Å². The normalized spacial score (nSPS) is 11.5. The molecule has 0 saturated heterocycles. The van der Waals surface area contributed by atoms with Crippen molar-refractivity contribution in [2.45, 2.75) is 33.1 Å². The van der Waals surface area contributed by atoms with Crippen molar-refractivity contribution in [2.75, 3.05) is 0 Å². The lowest BCUT2D eigenvalue weighted by Gasteiger charge is -2.21. The summed E-state index contributed by atoms with van der Waals surface area (Å²) in [6, 6.07) is 10.3. The molecule has 1 aromatic heterocycles. The molecule has 0 aliphatic carbocycles. The Kier molecular flexibility index (Phi) is 2.97. The molecule has 0 aliphatic rings. The summed E-state index contributed by atoms with van der Waals surface area (Å²) < 4.78 is 0. The predicted molar refractivity (Wildman–Crippen MR) is 70.9 cm³/mol. The third-order valence-corrected chi connectivity index (χ3v) is 2.84. The van der Waals surface area contributed by atoms with E-state index in [0.717, 1.165) is 17.0 Å². The molecule has 0 spiro atoms. The van der Waals surface area contributed by atoms with Gasteiger partial charge < -0.3 is 0 Å². The Morgan fingerprint density at radius 1 is 0.941 bits per heavy atom. The first-order valence-corrected chi connectivity index (χ1v) is 5.87. The maximum absolute atomic E-state index is 4.42. The minimum Gasteiger partial charge on any atom is -0.241 e. The van der Waals surface area contributed by atoms with Crippen LogP contribution in [0.25, 0.3) is 11.3 Å². The van der Waals surface area contributed by atoms with Gasteiger partial charge in [0.05, 0.1) is 11.4 Å². The van der Waals surface area contributed by atoms with Crippen molar-refractivity contribution in [1.82, 2.24) is 9.97 Å². The zero-order chi connectivity index (χ0) is 12.5. The Labute approximate surface area is 103 Å². The molecule has 17 heavy (non-hydrogen) atoms. The second kappa shape index (κ2) is 4.28. The third kappa shape index (κ3) is 2.36. The van der Waals surface area contributed by atoms with E-state index >= 15 is 0 Å². The van der Waals surface area contributed by atoms with E-state index < -0.39 is 0 Å². The molecule has 0 radical (unpaired) electrons. The molecule has 0 saturated carbocycles. The van der Waals surface area contributed by atoms with Gasteiger partial charge >= 0.3 is 0 Å². The van der Waals surface area contributed by atoms with E-state index in [0.29, 0.717) is 0 Å². The number of hydrogen-bond donors (Lipinski definition) is 0. The number of aromatic nitrogens is 2. The highest BCUT2D eigenvalue weighted by molar-refractivity contribution is 5.63. The van der Waals surface area contributed by atoms with E-state index in [-0.39, 0.29) is 5.41 Å². The zero-order valence-corrected chi connectivity index (χ0v) is 10.9. The number of benzene rings is 1. The molecule has 0 aliphatic heterocycles. The number of hydrogen-bond acceptors (Lipinski definition) is 2. The topological polar surface area (TPSA) is 25.8 Å². The van der Waals surface area contributed by atoms with Gasteiger partial charge in [-0.2, -0.15) is 0 Å². The van der Waals surface area contributed by atoms with Crippen molar-refractivity contribution in [2.24, 2.45) is 0 Å². The molecular weight excluding hydrogens is 208 g/mol. The summed E-state index contributed by atoms with van der Waals surface area (Å²) in [5.74, 6) is 0. The molecule has 0 atom stereocenters. The molecule has 2 nitrogen and oxygen atoms in total. The fraction of sp³-hybridized carbons (Fsp3) is 0.333. The van der Waals surface area contributed by atoms with Crippen LogP contribution in [-0.4, -0.2) is 9.97 Å². The summed E-state index contributed by atoms with van der Waals surface area (Å²) in [5.41, 5.74) is 4.53. The molecule has 1 aromatic carbocycles. The van der Waals surface area contributed by atoms with E-state index in [2.05, 4.69) is 49.8 Å². The van der Waals surface area contributed by atoms with Crippen LogP contribution in [0.5, 0.6) is 0 Å². The first-order valence-electron chi connectivity index (χ1n) is 5.87. The van der Waals surface area contributed by atoms with Crippen molar-refractivity contribution in [3.8, 4) is 11.3 Å². The van der Waals surface area contributed by atoms with Crippen molar-refractivity contribution >= 4 is 0 Å². The average Bonchev–Trinajstić information content (AvgIpc) is 2.29. The van der Waals surface area contributed by atoms with Crippen LogP contribution in [0.2, 0.25) is 0 Å². The summed E-state index contributed by atoms with van der Waals surface area (Å²) >= 11 is 0. The summed E-state index contributed by atoms with van der Waals surface area (Å²) in [6.45, 7) is 8.63. The predicted octanol–water partition coefficient (Wildman–Crippen LogP) is 3.75. The fourth-order valence-corrected chi connectivity index (χ4v) is 2.09. The van der Waals surface area contributed by atoms with Gasteiger partial charge in [0, 0.05) is 11.0 Å². The molecule has 1 heterocycles. The maximum atomic E-state index is 4.42. The Morgan fingerprint density at radius 2 is 1.59 bits per heavy atom. The van der Waals surface area contributed by atoms with Crippen LogP contribution in [0, 0.1) is 6.92 Å². The van der Waals surface area contributed by atoms with E-state index in [9.17, 15) is 0 Å². The Hall–Kier alpha value is -1.70. The second-order valence-corrected chi connectivity index (χ2v) is 5.31. The van der Waals surface area contributed by atoms with Crippen LogP contribution in [0.15, 0.2) is 36.7 Å². The summed E-state index contributed by atoms with van der Waals surface area (Å²) in [6.07, 6.45) is 1.66. The van der Waals surface area contributed by atoms with E-state index in [1.54, 1.807) is 6.33 Å². The largest absolute Gasteiger partial charge is 0.241 e. The highest BCUT2D eigenvalue weighted by Gasteiger charge is 2.20. The molecule has 0 fully saturated rings. The lowest BCUT2D eigenvalue weighted by Crippen LogP contribution is -2.16. The van der Waals surface area contributed by atoms with Gasteiger partial charge in [-0.3, -0.25) is 0 Å². The summed E-state index contributed by atoms with van der Waals surface area (Å²) in [4.78, 5) is 8.84. The molecular formula is C15H18N2. The number of nitrogens with zero attached hydrogens (tertiary/aromatic N) is 2. The zero-order valence-electron chi connectivity index (χ0n) is 10.9. The Bertz CT molecular complexity index is 510. The van der Waals surface area contributed by atoms with Crippen molar-refractivity contribution in [1.29, 1.82) is 0 Å². The van der Waals surface area contributed by atoms with Crippen molar-refractivity contribution in [3.05, 3.63) is 47.9 Å². The Morgan fingerprint density at radius 3 is 2.18 bits per heavy atom. The van der Waals surface area contributed by atoms with Crippen LogP contribution in [0.3, 0.4) is 0 Å². The molecule has 88 valence electrons. The molecule has 2 aromatic rings. The van der Waals surface area contributed by atoms with Crippen LogP contribution < -0.4 is 0 Å². The summed E-state index contributed by atoms with van der Waals surface area (Å²) in [5, 5.41) is 0. The molecule has 0 bridgehead atoms. The SMILES string of the molecule is Cc1c(-c2ccccc2)ncnc1C(C)(C)C. The van der Waals surface area contributed by atoms with Crippen molar-refractivity contribution in [3.63, 3.8) is 0 Å². The van der Waals surface area contributed by atoms with Gasteiger partial charge in [0.1, 0.15) is 6.33 Å². The van der Waals surface area contributed by atoms with E-state index in [1.165, 1.54) is 5.56 Å². The van der Waals surface area contributed by atoms with Gasteiger partial charge in [-0.25, -0.2) is 9.97 Å². The van der Waals surface area contributed by atoms with Gasteiger partial charge in [0.25, 0.3) is 0 Å². The Balaban J connectivity index is 2.58. The van der Waals surface area contributed by atoms with Gasteiger partial charge in [0.15, 0.2) is 0 Å².